The summed E-state index contributed by atoms with van der Waals surface area (Å²) >= 11 is 0. The van der Waals surface area contributed by atoms with Crippen LogP contribution in [0, 0.1) is 17.8 Å². The van der Waals surface area contributed by atoms with Crippen molar-refractivity contribution in [2.45, 2.75) is 108 Å². The number of imidazole rings is 1. The average Bonchev–Trinajstić information content (AvgIpc) is 3.58. The molecule has 8 nitrogen and oxygen atoms in total. The maximum Gasteiger partial charge on any atom is 0.167 e. The first-order chi connectivity index (χ1) is 16.5. The van der Waals surface area contributed by atoms with E-state index in [0.29, 0.717) is 23.6 Å². The Bertz CT molecular complexity index is 1100. The summed E-state index contributed by atoms with van der Waals surface area (Å²) in [4.78, 5) is 13.6. The Labute approximate surface area is 199 Å². The lowest BCUT2D eigenvalue weighted by molar-refractivity contribution is -0.190. The van der Waals surface area contributed by atoms with E-state index in [1.54, 1.807) is 12.7 Å². The quantitative estimate of drug-likeness (QED) is 0.677. The van der Waals surface area contributed by atoms with E-state index < -0.39 is 24.3 Å². The third-order valence-corrected chi connectivity index (χ3v) is 7.45. The molecule has 182 valence electrons. The van der Waals surface area contributed by atoms with Crippen LogP contribution in [0.5, 0.6) is 0 Å². The summed E-state index contributed by atoms with van der Waals surface area (Å²) < 4.78 is 35.0. The van der Waals surface area contributed by atoms with E-state index in [-0.39, 0.29) is 18.1 Å². The normalized spacial score (nSPS) is 35.3. The maximum absolute atomic E-state index is 14.3. The lowest BCUT2D eigenvalue weighted by Gasteiger charge is -2.24. The molecule has 4 aliphatic rings. The molecule has 9 heteroatoms. The second kappa shape index (κ2) is 8.74. The van der Waals surface area contributed by atoms with Crippen LogP contribution in [0.3, 0.4) is 0 Å². The number of anilines is 1. The molecular weight excluding hydrogens is 437 g/mol. The molecule has 6 atom stereocenters. The third-order valence-electron chi connectivity index (χ3n) is 7.45. The summed E-state index contributed by atoms with van der Waals surface area (Å²) in [6.07, 6.45) is 8.74. The first-order valence-electron chi connectivity index (χ1n) is 12.6. The van der Waals surface area contributed by atoms with Crippen LogP contribution in [-0.2, 0) is 14.2 Å². The minimum Gasteiger partial charge on any atom is -0.365 e. The second-order valence-electron chi connectivity index (χ2n) is 10.4. The van der Waals surface area contributed by atoms with Gasteiger partial charge in [0.2, 0.25) is 0 Å². The summed E-state index contributed by atoms with van der Waals surface area (Å²) in [5.41, 5.74) is 1.39. The number of nitrogens with one attached hydrogen (secondary N) is 1. The molecule has 2 aromatic rings. The molecule has 0 amide bonds. The van der Waals surface area contributed by atoms with Gasteiger partial charge in [-0.25, -0.2) is 19.3 Å². The van der Waals surface area contributed by atoms with Gasteiger partial charge in [-0.05, 0) is 39.5 Å². The molecule has 34 heavy (non-hydrogen) atoms. The molecule has 4 fully saturated rings. The number of halogens is 1. The zero-order chi connectivity index (χ0) is 23.3. The van der Waals surface area contributed by atoms with Gasteiger partial charge in [0.1, 0.15) is 30.8 Å². The van der Waals surface area contributed by atoms with Gasteiger partial charge in [0.25, 0.3) is 0 Å². The van der Waals surface area contributed by atoms with Crippen molar-refractivity contribution in [1.29, 1.82) is 0 Å². The highest BCUT2D eigenvalue weighted by Crippen LogP contribution is 2.44. The number of rotatable bonds is 3. The molecule has 2 aliphatic carbocycles. The molecule has 0 aromatic carbocycles. The van der Waals surface area contributed by atoms with Crippen LogP contribution in [0.1, 0.15) is 71.4 Å². The first-order valence-corrected chi connectivity index (χ1v) is 12.6. The zero-order valence-electron chi connectivity index (χ0n) is 19.7. The van der Waals surface area contributed by atoms with Gasteiger partial charge in [-0.3, -0.25) is 4.57 Å². The predicted octanol–water partition coefficient (Wildman–Crippen LogP) is 4.13. The van der Waals surface area contributed by atoms with Crippen molar-refractivity contribution < 1.29 is 18.6 Å². The van der Waals surface area contributed by atoms with Gasteiger partial charge in [0, 0.05) is 6.04 Å². The van der Waals surface area contributed by atoms with Crippen LogP contribution in [0.2, 0.25) is 0 Å². The average molecular weight is 470 g/mol. The minimum absolute atomic E-state index is 0.240. The Hall–Kier alpha value is -2.28. The van der Waals surface area contributed by atoms with Gasteiger partial charge in [-0.15, -0.1) is 0 Å². The minimum atomic E-state index is -0.869. The molecule has 6 rings (SSSR count). The first kappa shape index (κ1) is 22.2. The van der Waals surface area contributed by atoms with Crippen molar-refractivity contribution in [1.82, 2.24) is 19.5 Å². The molecule has 2 aliphatic heterocycles. The molecule has 0 bridgehead atoms. The molecular formula is C25H32FN5O3. The number of ether oxygens (including phenoxy) is 3. The van der Waals surface area contributed by atoms with Crippen molar-refractivity contribution in [2.24, 2.45) is 5.92 Å². The van der Waals surface area contributed by atoms with Crippen LogP contribution in [0.4, 0.5) is 10.2 Å². The van der Waals surface area contributed by atoms with Gasteiger partial charge in [0.15, 0.2) is 29.0 Å². The Morgan fingerprint density at radius 2 is 1.76 bits per heavy atom. The summed E-state index contributed by atoms with van der Waals surface area (Å²) in [7, 11) is 0. The fraction of sp³-hybridized carbons (Fsp3) is 0.720. The number of nitrogens with zero attached hydrogens (tertiary/aromatic N) is 4. The number of alkyl halides is 1. The second-order valence-corrected chi connectivity index (χ2v) is 10.4. The van der Waals surface area contributed by atoms with Crippen molar-refractivity contribution in [3.8, 4) is 11.8 Å². The third kappa shape index (κ3) is 4.06. The highest BCUT2D eigenvalue weighted by atomic mass is 19.1. The Morgan fingerprint density at radius 3 is 2.59 bits per heavy atom. The molecule has 2 aromatic heterocycles. The standard InChI is InChI=1S/C25H32FN5O3/c1-25(2)33-20-18(12-11-15-7-3-6-10-17(15)26)32-24(21(20)34-25)31-14-29-19-22(27-13-28-23(19)31)30-16-8-4-5-9-16/h13-18,20-21,24H,3-10H2,1-2H3,(H,27,28,30). The monoisotopic (exact) mass is 469 g/mol. The molecule has 6 unspecified atom stereocenters. The molecule has 2 saturated heterocycles. The zero-order valence-corrected chi connectivity index (χ0v) is 19.7. The van der Waals surface area contributed by atoms with Gasteiger partial charge >= 0.3 is 0 Å². The molecule has 1 N–H and O–H groups in total. The Kier molecular flexibility index (Phi) is 5.71. The number of aromatic nitrogens is 4. The van der Waals surface area contributed by atoms with Crippen molar-refractivity contribution in [2.75, 3.05) is 5.32 Å². The number of hydrogen-bond acceptors (Lipinski definition) is 7. The van der Waals surface area contributed by atoms with Gasteiger partial charge in [-0.2, -0.15) is 0 Å². The van der Waals surface area contributed by atoms with Crippen molar-refractivity contribution in [3.05, 3.63) is 12.7 Å². The number of hydrogen-bond donors (Lipinski definition) is 1. The van der Waals surface area contributed by atoms with Gasteiger partial charge in [-0.1, -0.05) is 37.5 Å². The van der Waals surface area contributed by atoms with Gasteiger partial charge in [0.05, 0.1) is 12.2 Å². The van der Waals surface area contributed by atoms with Gasteiger partial charge < -0.3 is 19.5 Å². The summed E-state index contributed by atoms with van der Waals surface area (Å²) in [5.74, 6) is 6.10. The lowest BCUT2D eigenvalue weighted by Crippen LogP contribution is -2.29. The molecule has 0 spiro atoms. The van der Waals surface area contributed by atoms with Crippen LogP contribution >= 0.6 is 0 Å². The van der Waals surface area contributed by atoms with E-state index >= 15 is 0 Å². The van der Waals surface area contributed by atoms with Crippen molar-refractivity contribution >= 4 is 17.0 Å². The van der Waals surface area contributed by atoms with Crippen LogP contribution in [-0.4, -0.2) is 55.8 Å². The Morgan fingerprint density at radius 1 is 1.00 bits per heavy atom. The van der Waals surface area contributed by atoms with Crippen LogP contribution < -0.4 is 5.32 Å². The topological polar surface area (TPSA) is 83.3 Å². The highest BCUT2D eigenvalue weighted by molar-refractivity contribution is 5.82. The van der Waals surface area contributed by atoms with Crippen LogP contribution in [0.25, 0.3) is 11.2 Å². The number of fused-ring (bicyclic) bond motifs is 2. The largest absolute Gasteiger partial charge is 0.365 e. The molecule has 2 saturated carbocycles. The Balaban J connectivity index is 1.29. The highest BCUT2D eigenvalue weighted by Gasteiger charge is 2.56. The van der Waals surface area contributed by atoms with E-state index in [4.69, 9.17) is 14.2 Å². The van der Waals surface area contributed by atoms with E-state index in [1.165, 1.54) is 12.8 Å². The fourth-order valence-corrected chi connectivity index (χ4v) is 5.76. The van der Waals surface area contributed by atoms with Crippen molar-refractivity contribution in [3.63, 3.8) is 0 Å². The van der Waals surface area contributed by atoms with Crippen LogP contribution in [0.15, 0.2) is 12.7 Å². The van der Waals surface area contributed by atoms with E-state index in [2.05, 4.69) is 32.1 Å². The smallest absolute Gasteiger partial charge is 0.167 e. The maximum atomic E-state index is 14.3. The van der Waals surface area contributed by atoms with E-state index in [1.807, 2.05) is 18.4 Å². The fourth-order valence-electron chi connectivity index (χ4n) is 5.76. The molecule has 0 radical (unpaired) electrons. The lowest BCUT2D eigenvalue weighted by atomic mass is 9.88. The van der Waals surface area contributed by atoms with E-state index in [9.17, 15) is 4.39 Å². The SMILES string of the molecule is CC1(C)OC2C(C#CC3CCCCC3F)OC(n3cnc4c(NC5CCCC5)ncnc43)C2O1. The summed E-state index contributed by atoms with van der Waals surface area (Å²) in [6.45, 7) is 3.78. The van der Waals surface area contributed by atoms with E-state index in [0.717, 1.165) is 37.9 Å². The predicted molar refractivity (Wildman–Crippen MR) is 124 cm³/mol. The molecule has 4 heterocycles. The summed E-state index contributed by atoms with van der Waals surface area (Å²) in [5, 5.41) is 3.54. The summed E-state index contributed by atoms with van der Waals surface area (Å²) in [6, 6.07) is 0.418.